The molecular weight excluding hydrogens is 304 g/mol. The van der Waals surface area contributed by atoms with Crippen molar-refractivity contribution in [2.45, 2.75) is 38.5 Å². The molecule has 7 heteroatoms. The Morgan fingerprint density at radius 2 is 2.25 bits per heavy atom. The fraction of sp³-hybridized carbons (Fsp3) is 0.529. The molecule has 2 aliphatic rings. The van der Waals surface area contributed by atoms with Gasteiger partial charge in [0.15, 0.2) is 5.65 Å². The maximum absolute atomic E-state index is 5.72. The third-order valence-corrected chi connectivity index (χ3v) is 5.66. The molecule has 3 aromatic heterocycles. The van der Waals surface area contributed by atoms with E-state index in [0.717, 1.165) is 48.0 Å². The Labute approximate surface area is 139 Å². The minimum absolute atomic E-state index is 0.0213. The summed E-state index contributed by atoms with van der Waals surface area (Å²) >= 11 is 0. The van der Waals surface area contributed by atoms with Gasteiger partial charge in [-0.05, 0) is 45.2 Å². The summed E-state index contributed by atoms with van der Waals surface area (Å²) in [5, 5.41) is 12.2. The lowest BCUT2D eigenvalue weighted by atomic mass is 9.80. The zero-order valence-corrected chi connectivity index (χ0v) is 13.9. The van der Waals surface area contributed by atoms with Gasteiger partial charge in [-0.25, -0.2) is 9.50 Å². The van der Waals surface area contributed by atoms with Gasteiger partial charge in [0.1, 0.15) is 0 Å². The van der Waals surface area contributed by atoms with Gasteiger partial charge >= 0.3 is 0 Å². The molecule has 1 aliphatic carbocycles. The van der Waals surface area contributed by atoms with Crippen LogP contribution in [0, 0.1) is 19.8 Å². The van der Waals surface area contributed by atoms with E-state index in [1.54, 1.807) is 6.20 Å². The largest absolute Gasteiger partial charge is 0.338 e. The normalized spacial score (nSPS) is 26.3. The van der Waals surface area contributed by atoms with E-state index in [2.05, 4.69) is 20.6 Å². The van der Waals surface area contributed by atoms with Gasteiger partial charge in [0.2, 0.25) is 11.7 Å². The van der Waals surface area contributed by atoms with Gasteiger partial charge < -0.3 is 9.84 Å². The van der Waals surface area contributed by atoms with Gasteiger partial charge in [-0.2, -0.15) is 10.1 Å². The first-order valence-corrected chi connectivity index (χ1v) is 8.55. The second-order valence-electron chi connectivity index (χ2n) is 7.13. The average molecular weight is 324 g/mol. The van der Waals surface area contributed by atoms with Crippen molar-refractivity contribution in [2.24, 2.45) is 5.92 Å². The molecule has 24 heavy (non-hydrogen) atoms. The number of nitrogens with zero attached hydrogens (tertiary/aromatic N) is 5. The quantitative estimate of drug-likeness (QED) is 0.777. The second kappa shape index (κ2) is 4.86. The van der Waals surface area contributed by atoms with Crippen molar-refractivity contribution in [1.82, 2.24) is 30.1 Å². The lowest BCUT2D eigenvalue weighted by molar-refractivity contribution is 0.265. The van der Waals surface area contributed by atoms with Crippen molar-refractivity contribution in [3.63, 3.8) is 0 Å². The molecule has 1 N–H and O–H groups in total. The molecule has 1 aliphatic heterocycles. The highest BCUT2D eigenvalue weighted by Crippen LogP contribution is 2.47. The van der Waals surface area contributed by atoms with Gasteiger partial charge in [0.25, 0.3) is 0 Å². The zero-order valence-electron chi connectivity index (χ0n) is 13.9. The van der Waals surface area contributed by atoms with Crippen LogP contribution in [-0.4, -0.2) is 37.8 Å². The van der Waals surface area contributed by atoms with Gasteiger partial charge in [0.05, 0.1) is 17.2 Å². The van der Waals surface area contributed by atoms with E-state index in [1.807, 2.05) is 24.4 Å². The van der Waals surface area contributed by atoms with Crippen molar-refractivity contribution in [1.29, 1.82) is 0 Å². The highest BCUT2D eigenvalue weighted by molar-refractivity contribution is 5.72. The van der Waals surface area contributed by atoms with E-state index in [-0.39, 0.29) is 5.41 Å². The summed E-state index contributed by atoms with van der Waals surface area (Å²) < 4.78 is 7.55. The lowest BCUT2D eigenvalue weighted by Crippen LogP contribution is -2.31. The number of aromatic nitrogens is 5. The number of hydrogen-bond acceptors (Lipinski definition) is 6. The average Bonchev–Trinajstić information content (AvgIpc) is 3.28. The summed E-state index contributed by atoms with van der Waals surface area (Å²) in [4.78, 5) is 9.38. The maximum atomic E-state index is 5.72. The molecule has 4 heterocycles. The van der Waals surface area contributed by atoms with Crippen molar-refractivity contribution in [3.05, 3.63) is 29.5 Å². The SMILES string of the molecule is Cc1cc(C)n2ncc(-c3noc([C@@]45CCC[C@@H]4CNC5)n3)c2n1. The highest BCUT2D eigenvalue weighted by Gasteiger charge is 2.51. The molecule has 0 unspecified atom stereocenters. The number of rotatable bonds is 2. The van der Waals surface area contributed by atoms with Crippen LogP contribution in [0.4, 0.5) is 0 Å². The molecule has 0 bridgehead atoms. The summed E-state index contributed by atoms with van der Waals surface area (Å²) in [5.74, 6) is 1.97. The first-order chi connectivity index (χ1) is 11.7. The molecule has 124 valence electrons. The van der Waals surface area contributed by atoms with Gasteiger partial charge in [0, 0.05) is 17.9 Å². The Bertz CT molecular complexity index is 916. The van der Waals surface area contributed by atoms with Crippen molar-refractivity contribution < 1.29 is 4.52 Å². The summed E-state index contributed by atoms with van der Waals surface area (Å²) in [6.07, 6.45) is 5.37. The van der Waals surface area contributed by atoms with Crippen LogP contribution in [0.25, 0.3) is 17.0 Å². The van der Waals surface area contributed by atoms with Crippen molar-refractivity contribution >= 4 is 5.65 Å². The molecule has 2 atom stereocenters. The fourth-order valence-electron chi connectivity index (χ4n) is 4.46. The molecule has 3 aromatic rings. The van der Waals surface area contributed by atoms with E-state index in [1.165, 1.54) is 12.8 Å². The van der Waals surface area contributed by atoms with Gasteiger partial charge in [-0.3, -0.25) is 0 Å². The standard InChI is InChI=1S/C17H20N6O/c1-10-6-11(2)23-15(20-10)13(8-19-23)14-21-16(24-22-14)17-5-3-4-12(17)7-18-9-17/h6,8,12,18H,3-5,7,9H2,1-2H3/t12-,17-/m1/s1. The Hall–Kier alpha value is -2.28. The smallest absolute Gasteiger partial charge is 0.234 e. The van der Waals surface area contributed by atoms with Crippen LogP contribution in [0.3, 0.4) is 0 Å². The summed E-state index contributed by atoms with van der Waals surface area (Å²) in [6.45, 7) is 5.99. The van der Waals surface area contributed by atoms with Crippen LogP contribution in [0.5, 0.6) is 0 Å². The molecule has 2 fully saturated rings. The topological polar surface area (TPSA) is 81.1 Å². The highest BCUT2D eigenvalue weighted by atomic mass is 16.5. The second-order valence-corrected chi connectivity index (χ2v) is 7.13. The van der Waals surface area contributed by atoms with E-state index >= 15 is 0 Å². The minimum atomic E-state index is 0.0213. The Morgan fingerprint density at radius 3 is 3.17 bits per heavy atom. The Balaban J connectivity index is 1.61. The number of nitrogens with one attached hydrogen (secondary N) is 1. The van der Waals surface area contributed by atoms with Crippen LogP contribution in [0.1, 0.15) is 36.5 Å². The third-order valence-electron chi connectivity index (χ3n) is 5.66. The number of aryl methyl sites for hydroxylation is 2. The molecule has 0 spiro atoms. The molecule has 7 nitrogen and oxygen atoms in total. The van der Waals surface area contributed by atoms with E-state index in [0.29, 0.717) is 11.7 Å². The van der Waals surface area contributed by atoms with E-state index in [4.69, 9.17) is 9.51 Å². The van der Waals surface area contributed by atoms with E-state index < -0.39 is 0 Å². The molecule has 0 amide bonds. The summed E-state index contributed by atoms with van der Waals surface area (Å²) in [5.41, 5.74) is 3.63. The van der Waals surface area contributed by atoms with E-state index in [9.17, 15) is 0 Å². The van der Waals surface area contributed by atoms with Crippen LogP contribution in [0.2, 0.25) is 0 Å². The number of hydrogen-bond donors (Lipinski definition) is 1. The van der Waals surface area contributed by atoms with Crippen LogP contribution >= 0.6 is 0 Å². The van der Waals surface area contributed by atoms with Crippen LogP contribution < -0.4 is 5.32 Å². The predicted molar refractivity (Wildman–Crippen MR) is 87.6 cm³/mol. The molecule has 5 rings (SSSR count). The maximum Gasteiger partial charge on any atom is 0.234 e. The molecule has 0 radical (unpaired) electrons. The van der Waals surface area contributed by atoms with Crippen molar-refractivity contribution in [2.75, 3.05) is 13.1 Å². The first kappa shape index (κ1) is 14.1. The van der Waals surface area contributed by atoms with Crippen molar-refractivity contribution in [3.8, 4) is 11.4 Å². The monoisotopic (exact) mass is 324 g/mol. The molecule has 0 aromatic carbocycles. The zero-order chi connectivity index (χ0) is 16.3. The predicted octanol–water partition coefficient (Wildman–Crippen LogP) is 2.04. The summed E-state index contributed by atoms with van der Waals surface area (Å²) in [7, 11) is 0. The van der Waals surface area contributed by atoms with Gasteiger partial charge in [-0.1, -0.05) is 11.6 Å². The molecule has 1 saturated carbocycles. The Morgan fingerprint density at radius 1 is 1.33 bits per heavy atom. The molecule has 1 saturated heterocycles. The van der Waals surface area contributed by atoms with Crippen LogP contribution in [-0.2, 0) is 5.41 Å². The summed E-state index contributed by atoms with van der Waals surface area (Å²) in [6, 6.07) is 2.01. The van der Waals surface area contributed by atoms with Crippen LogP contribution in [0.15, 0.2) is 16.8 Å². The first-order valence-electron chi connectivity index (χ1n) is 8.55. The Kier molecular flexibility index (Phi) is 2.85. The number of fused-ring (bicyclic) bond motifs is 2. The fourth-order valence-corrected chi connectivity index (χ4v) is 4.46. The molecular formula is C17H20N6O. The third kappa shape index (κ3) is 1.81. The lowest BCUT2D eigenvalue weighted by Gasteiger charge is -2.22. The minimum Gasteiger partial charge on any atom is -0.338 e. The van der Waals surface area contributed by atoms with Gasteiger partial charge in [-0.15, -0.1) is 0 Å².